The zero-order valence-corrected chi connectivity index (χ0v) is 10.7. The molecule has 90 valence electrons. The van der Waals surface area contributed by atoms with Crippen molar-refractivity contribution in [3.05, 3.63) is 23.4 Å². The zero-order valence-electron chi connectivity index (χ0n) is 10.7. The van der Waals surface area contributed by atoms with Crippen LogP contribution in [0.25, 0.3) is 0 Å². The number of anilines is 1. The first-order valence-electron chi connectivity index (χ1n) is 6.17. The smallest absolute Gasteiger partial charge is 0.144 e. The van der Waals surface area contributed by atoms with E-state index in [-0.39, 0.29) is 5.41 Å². The topological polar surface area (TPSA) is 48.7 Å². The van der Waals surface area contributed by atoms with Crippen LogP contribution in [0.1, 0.15) is 44.4 Å². The number of aromatic nitrogens is 1. The lowest BCUT2D eigenvalue weighted by molar-refractivity contribution is 0.349. The van der Waals surface area contributed by atoms with Gasteiger partial charge in [0.25, 0.3) is 0 Å². The predicted molar refractivity (Wildman–Crippen MR) is 68.7 cm³/mol. The van der Waals surface area contributed by atoms with Crippen molar-refractivity contribution in [1.82, 2.24) is 4.98 Å². The first-order valence-corrected chi connectivity index (χ1v) is 6.17. The summed E-state index contributed by atoms with van der Waals surface area (Å²) in [6, 6.07) is 6.34. The first-order chi connectivity index (χ1) is 8.03. The molecule has 1 saturated carbocycles. The van der Waals surface area contributed by atoms with E-state index in [1.807, 2.05) is 19.1 Å². The van der Waals surface area contributed by atoms with Crippen LogP contribution >= 0.6 is 0 Å². The SMILES string of the molecule is Cc1ccc(C#N)c(NC2CCCC2(C)C)n1. The largest absolute Gasteiger partial charge is 0.366 e. The van der Waals surface area contributed by atoms with Gasteiger partial charge in [0, 0.05) is 11.7 Å². The quantitative estimate of drug-likeness (QED) is 0.846. The minimum absolute atomic E-state index is 0.290. The average Bonchev–Trinajstić information content (AvgIpc) is 2.59. The highest BCUT2D eigenvalue weighted by Gasteiger charge is 2.34. The van der Waals surface area contributed by atoms with Gasteiger partial charge >= 0.3 is 0 Å². The van der Waals surface area contributed by atoms with Gasteiger partial charge in [-0.2, -0.15) is 5.26 Å². The molecule has 0 bridgehead atoms. The van der Waals surface area contributed by atoms with Crippen LogP contribution in [0.5, 0.6) is 0 Å². The summed E-state index contributed by atoms with van der Waals surface area (Å²) in [7, 11) is 0. The number of rotatable bonds is 2. The van der Waals surface area contributed by atoms with Gasteiger partial charge in [0.05, 0.1) is 5.56 Å². The molecule has 1 unspecified atom stereocenters. The fraction of sp³-hybridized carbons (Fsp3) is 0.571. The highest BCUT2D eigenvalue weighted by molar-refractivity contribution is 5.53. The number of nitrogens with zero attached hydrogens (tertiary/aromatic N) is 2. The van der Waals surface area contributed by atoms with Crippen LogP contribution in [0.15, 0.2) is 12.1 Å². The van der Waals surface area contributed by atoms with E-state index in [4.69, 9.17) is 5.26 Å². The third-order valence-corrected chi connectivity index (χ3v) is 3.72. The summed E-state index contributed by atoms with van der Waals surface area (Å²) in [5.41, 5.74) is 1.87. The molecule has 1 aliphatic carbocycles. The molecular formula is C14H19N3. The molecular weight excluding hydrogens is 210 g/mol. The van der Waals surface area contributed by atoms with Crippen molar-refractivity contribution in [1.29, 1.82) is 5.26 Å². The Morgan fingerprint density at radius 1 is 1.47 bits per heavy atom. The number of hydrogen-bond donors (Lipinski definition) is 1. The Bertz CT molecular complexity index is 457. The van der Waals surface area contributed by atoms with Gasteiger partial charge in [0.2, 0.25) is 0 Å². The van der Waals surface area contributed by atoms with Crippen molar-refractivity contribution in [3.63, 3.8) is 0 Å². The van der Waals surface area contributed by atoms with Crippen LogP contribution in [-0.4, -0.2) is 11.0 Å². The lowest BCUT2D eigenvalue weighted by Crippen LogP contribution is -2.31. The van der Waals surface area contributed by atoms with Crippen molar-refractivity contribution in [2.75, 3.05) is 5.32 Å². The second-order valence-corrected chi connectivity index (χ2v) is 5.54. The molecule has 0 radical (unpaired) electrons. The molecule has 17 heavy (non-hydrogen) atoms. The molecule has 0 spiro atoms. The summed E-state index contributed by atoms with van der Waals surface area (Å²) in [4.78, 5) is 4.44. The lowest BCUT2D eigenvalue weighted by Gasteiger charge is -2.28. The predicted octanol–water partition coefficient (Wildman–Crippen LogP) is 3.25. The maximum atomic E-state index is 9.08. The molecule has 1 aromatic rings. The van der Waals surface area contributed by atoms with Crippen molar-refractivity contribution in [3.8, 4) is 6.07 Å². The molecule has 0 aromatic carbocycles. The second kappa shape index (κ2) is 4.37. The van der Waals surface area contributed by atoms with Crippen LogP contribution in [0.3, 0.4) is 0 Å². The molecule has 0 saturated heterocycles. The minimum atomic E-state index is 0.290. The van der Waals surface area contributed by atoms with E-state index in [2.05, 4.69) is 30.2 Å². The van der Waals surface area contributed by atoms with E-state index in [1.165, 1.54) is 12.8 Å². The van der Waals surface area contributed by atoms with Crippen LogP contribution in [0, 0.1) is 23.7 Å². The van der Waals surface area contributed by atoms with E-state index >= 15 is 0 Å². The van der Waals surface area contributed by atoms with Gasteiger partial charge in [-0.05, 0) is 37.3 Å². The average molecular weight is 229 g/mol. The standard InChI is InChI=1S/C14H19N3/c1-10-6-7-11(9-15)13(16-10)17-12-5-4-8-14(12,2)3/h6-7,12H,4-5,8H2,1-3H3,(H,16,17). The molecule has 0 aliphatic heterocycles. The maximum absolute atomic E-state index is 9.08. The van der Waals surface area contributed by atoms with Gasteiger partial charge in [-0.25, -0.2) is 4.98 Å². The highest BCUT2D eigenvalue weighted by Crippen LogP contribution is 2.39. The Labute approximate surface area is 103 Å². The summed E-state index contributed by atoms with van der Waals surface area (Å²) in [6.45, 7) is 6.51. The number of nitriles is 1. The third-order valence-electron chi connectivity index (χ3n) is 3.72. The monoisotopic (exact) mass is 229 g/mol. The Morgan fingerprint density at radius 2 is 2.24 bits per heavy atom. The normalized spacial score (nSPS) is 22.1. The Morgan fingerprint density at radius 3 is 2.82 bits per heavy atom. The second-order valence-electron chi connectivity index (χ2n) is 5.54. The maximum Gasteiger partial charge on any atom is 0.144 e. The fourth-order valence-electron chi connectivity index (χ4n) is 2.52. The molecule has 3 heteroatoms. The number of pyridine rings is 1. The number of hydrogen-bond acceptors (Lipinski definition) is 3. The minimum Gasteiger partial charge on any atom is -0.366 e. The Hall–Kier alpha value is -1.56. The molecule has 0 amide bonds. The first kappa shape index (κ1) is 11.9. The zero-order chi connectivity index (χ0) is 12.5. The van der Waals surface area contributed by atoms with E-state index in [9.17, 15) is 0 Å². The van der Waals surface area contributed by atoms with Gasteiger partial charge in [-0.15, -0.1) is 0 Å². The lowest BCUT2D eigenvalue weighted by atomic mass is 9.87. The molecule has 1 atom stereocenters. The van der Waals surface area contributed by atoms with Gasteiger partial charge < -0.3 is 5.32 Å². The summed E-state index contributed by atoms with van der Waals surface area (Å²) >= 11 is 0. The summed E-state index contributed by atoms with van der Waals surface area (Å²) in [5, 5.41) is 12.5. The van der Waals surface area contributed by atoms with Gasteiger partial charge in [-0.3, -0.25) is 0 Å². The molecule has 1 heterocycles. The van der Waals surface area contributed by atoms with Crippen molar-refractivity contribution < 1.29 is 0 Å². The number of aryl methyl sites for hydroxylation is 1. The summed E-state index contributed by atoms with van der Waals surface area (Å²) in [5.74, 6) is 0.743. The number of nitrogens with one attached hydrogen (secondary N) is 1. The molecule has 2 rings (SSSR count). The van der Waals surface area contributed by atoms with E-state index in [0.717, 1.165) is 17.9 Å². The molecule has 1 aromatic heterocycles. The van der Waals surface area contributed by atoms with Gasteiger partial charge in [-0.1, -0.05) is 20.3 Å². The summed E-state index contributed by atoms with van der Waals surface area (Å²) < 4.78 is 0. The summed E-state index contributed by atoms with van der Waals surface area (Å²) in [6.07, 6.45) is 3.64. The molecule has 1 aliphatic rings. The van der Waals surface area contributed by atoms with Crippen molar-refractivity contribution in [2.45, 2.75) is 46.1 Å². The Kier molecular flexibility index (Phi) is 3.06. The highest BCUT2D eigenvalue weighted by atomic mass is 15.0. The van der Waals surface area contributed by atoms with E-state index < -0.39 is 0 Å². The fourth-order valence-corrected chi connectivity index (χ4v) is 2.52. The van der Waals surface area contributed by atoms with Crippen LogP contribution in [0.4, 0.5) is 5.82 Å². The van der Waals surface area contributed by atoms with Gasteiger partial charge in [0.1, 0.15) is 11.9 Å². The van der Waals surface area contributed by atoms with E-state index in [1.54, 1.807) is 0 Å². The van der Waals surface area contributed by atoms with Crippen LogP contribution in [-0.2, 0) is 0 Å². The van der Waals surface area contributed by atoms with Crippen molar-refractivity contribution >= 4 is 5.82 Å². The van der Waals surface area contributed by atoms with Crippen LogP contribution in [0.2, 0.25) is 0 Å². The Balaban J connectivity index is 2.24. The van der Waals surface area contributed by atoms with Crippen molar-refractivity contribution in [2.24, 2.45) is 5.41 Å². The third kappa shape index (κ3) is 2.41. The molecule has 1 N–H and O–H groups in total. The van der Waals surface area contributed by atoms with Gasteiger partial charge in [0.15, 0.2) is 0 Å². The van der Waals surface area contributed by atoms with Crippen LogP contribution < -0.4 is 5.32 Å². The van der Waals surface area contributed by atoms with E-state index in [0.29, 0.717) is 11.6 Å². The molecule has 3 nitrogen and oxygen atoms in total. The molecule has 1 fully saturated rings.